The molecule has 2 aromatic carbocycles. The van der Waals surface area contributed by atoms with Gasteiger partial charge in [0.05, 0.1) is 0 Å². The summed E-state index contributed by atoms with van der Waals surface area (Å²) in [6.45, 7) is 0. The van der Waals surface area contributed by atoms with E-state index >= 15 is 0 Å². The van der Waals surface area contributed by atoms with Crippen LogP contribution in [0.2, 0.25) is 0 Å². The van der Waals surface area contributed by atoms with Crippen molar-refractivity contribution in [2.75, 3.05) is 7.05 Å². The molecule has 112 valence electrons. The number of rotatable bonds is 1. The van der Waals surface area contributed by atoms with Crippen molar-refractivity contribution in [1.82, 2.24) is 4.90 Å². The van der Waals surface area contributed by atoms with Crippen LogP contribution in [0, 0.1) is 0 Å². The van der Waals surface area contributed by atoms with E-state index in [0.29, 0.717) is 6.04 Å². The van der Waals surface area contributed by atoms with Gasteiger partial charge < -0.3 is 0 Å². The van der Waals surface area contributed by atoms with Crippen molar-refractivity contribution in [1.29, 1.82) is 0 Å². The number of benzene rings is 2. The van der Waals surface area contributed by atoms with E-state index in [1.807, 2.05) is 0 Å². The van der Waals surface area contributed by atoms with Crippen LogP contribution in [0.3, 0.4) is 0 Å². The summed E-state index contributed by atoms with van der Waals surface area (Å²) in [5.74, 6) is 0. The van der Waals surface area contributed by atoms with Crippen LogP contribution in [0.4, 0.5) is 0 Å². The van der Waals surface area contributed by atoms with Crippen molar-refractivity contribution in [2.24, 2.45) is 0 Å². The lowest BCUT2D eigenvalue weighted by Crippen LogP contribution is -2.45. The second kappa shape index (κ2) is 4.70. The van der Waals surface area contributed by atoms with Gasteiger partial charge in [-0.1, -0.05) is 42.8 Å². The lowest BCUT2D eigenvalue weighted by molar-refractivity contribution is 0.137. The minimum absolute atomic E-state index is 0.658. The Labute approximate surface area is 132 Å². The fourth-order valence-corrected chi connectivity index (χ4v) is 4.97. The van der Waals surface area contributed by atoms with E-state index < -0.39 is 0 Å². The minimum Gasteiger partial charge on any atom is -0.297 e. The van der Waals surface area contributed by atoms with Gasteiger partial charge in [0.2, 0.25) is 0 Å². The van der Waals surface area contributed by atoms with Crippen LogP contribution in [0.25, 0.3) is 16.3 Å². The molecule has 2 atom stereocenters. The molecule has 0 spiro atoms. The lowest BCUT2D eigenvalue weighted by Gasteiger charge is -2.43. The van der Waals surface area contributed by atoms with Crippen LogP contribution in [-0.2, 0) is 12.8 Å². The van der Waals surface area contributed by atoms with Gasteiger partial charge in [-0.15, -0.1) is 0 Å². The molecule has 1 nitrogen and oxygen atoms in total. The summed E-state index contributed by atoms with van der Waals surface area (Å²) in [4.78, 5) is 2.60. The highest BCUT2D eigenvalue weighted by atomic mass is 15.2. The van der Waals surface area contributed by atoms with Gasteiger partial charge in [0, 0.05) is 12.1 Å². The molecule has 2 bridgehead atoms. The molecule has 1 fully saturated rings. The highest BCUT2D eigenvalue weighted by Gasteiger charge is 2.32. The van der Waals surface area contributed by atoms with Gasteiger partial charge in [0.1, 0.15) is 0 Å². The van der Waals surface area contributed by atoms with Gasteiger partial charge in [-0.25, -0.2) is 0 Å². The number of fused-ring (bicyclic) bond motifs is 2. The Morgan fingerprint density at radius 3 is 2.73 bits per heavy atom. The van der Waals surface area contributed by atoms with E-state index in [0.717, 1.165) is 6.04 Å². The molecule has 0 N–H and O–H groups in total. The summed E-state index contributed by atoms with van der Waals surface area (Å²) in [6, 6.07) is 13.1. The van der Waals surface area contributed by atoms with Crippen molar-refractivity contribution >= 4 is 16.3 Å². The molecule has 2 aliphatic heterocycles. The minimum atomic E-state index is 0.658. The number of hydrogen-bond acceptors (Lipinski definition) is 1. The van der Waals surface area contributed by atoms with Crippen molar-refractivity contribution in [3.8, 4) is 0 Å². The molecule has 1 heteroatoms. The van der Waals surface area contributed by atoms with E-state index in [9.17, 15) is 0 Å². The molecule has 0 radical (unpaired) electrons. The van der Waals surface area contributed by atoms with Gasteiger partial charge in [0.25, 0.3) is 0 Å². The van der Waals surface area contributed by atoms with Crippen molar-refractivity contribution in [3.63, 3.8) is 0 Å². The van der Waals surface area contributed by atoms with Gasteiger partial charge in [-0.3, -0.25) is 4.90 Å². The first-order chi connectivity index (χ1) is 10.8. The van der Waals surface area contributed by atoms with Crippen LogP contribution in [-0.4, -0.2) is 24.0 Å². The Bertz CT molecular complexity index is 776. The number of nitrogens with zero attached hydrogens (tertiary/aromatic N) is 1. The second-order valence-corrected chi connectivity index (χ2v) is 7.33. The normalized spacial score (nSPS) is 27.2. The zero-order valence-corrected chi connectivity index (χ0v) is 13.3. The first-order valence-electron chi connectivity index (χ1n) is 8.78. The number of aryl methyl sites for hydroxylation is 2. The molecular weight excluding hydrogens is 266 g/mol. The zero-order chi connectivity index (χ0) is 14.7. The average molecular weight is 289 g/mol. The van der Waals surface area contributed by atoms with E-state index in [4.69, 9.17) is 0 Å². The van der Waals surface area contributed by atoms with E-state index in [2.05, 4.69) is 48.4 Å². The molecular formula is C21H23N. The van der Waals surface area contributed by atoms with Crippen molar-refractivity contribution in [2.45, 2.75) is 50.6 Å². The number of piperidine rings is 1. The average Bonchev–Trinajstić information content (AvgIpc) is 2.93. The molecule has 2 heterocycles. The molecule has 22 heavy (non-hydrogen) atoms. The van der Waals surface area contributed by atoms with Crippen LogP contribution in [0.1, 0.15) is 42.4 Å². The van der Waals surface area contributed by atoms with Crippen LogP contribution in [0.5, 0.6) is 0 Å². The van der Waals surface area contributed by atoms with Gasteiger partial charge in [-0.05, 0) is 72.2 Å². The number of hydrogen-bond donors (Lipinski definition) is 0. The zero-order valence-electron chi connectivity index (χ0n) is 13.3. The summed E-state index contributed by atoms with van der Waals surface area (Å²) >= 11 is 0. The largest absolute Gasteiger partial charge is 0.297 e. The van der Waals surface area contributed by atoms with Crippen LogP contribution in [0.15, 0.2) is 36.4 Å². The first-order valence-corrected chi connectivity index (χ1v) is 8.78. The predicted molar refractivity (Wildman–Crippen MR) is 93.1 cm³/mol. The summed E-state index contributed by atoms with van der Waals surface area (Å²) in [7, 11) is 2.31. The van der Waals surface area contributed by atoms with Crippen molar-refractivity contribution < 1.29 is 0 Å². The Morgan fingerprint density at radius 2 is 1.86 bits per heavy atom. The molecule has 2 unspecified atom stereocenters. The maximum Gasteiger partial charge on any atom is 0.0284 e. The SMILES string of the molecule is CN1C2C=C(c3ccc4c5c(cccc35)CC4)CC1CCC2. The highest BCUT2D eigenvalue weighted by molar-refractivity contribution is 5.99. The maximum absolute atomic E-state index is 2.60. The third-order valence-electron chi connectivity index (χ3n) is 6.21. The number of likely N-dealkylation sites (N-methyl/N-ethyl adjacent to an activating group) is 1. The molecule has 3 aliphatic rings. The van der Waals surface area contributed by atoms with Gasteiger partial charge >= 0.3 is 0 Å². The molecule has 0 aromatic heterocycles. The summed E-state index contributed by atoms with van der Waals surface area (Å²) in [6.07, 6.45) is 10.3. The smallest absolute Gasteiger partial charge is 0.0284 e. The van der Waals surface area contributed by atoms with Gasteiger partial charge in [0.15, 0.2) is 0 Å². The van der Waals surface area contributed by atoms with E-state index in [1.54, 1.807) is 22.1 Å². The third-order valence-corrected chi connectivity index (χ3v) is 6.21. The highest BCUT2D eigenvalue weighted by Crippen LogP contribution is 2.40. The fourth-order valence-electron chi connectivity index (χ4n) is 4.97. The standard InChI is InChI=1S/C21H23N/c1-22-17-5-3-6-18(22)13-16(12-17)19-11-10-15-9-8-14-4-2-7-20(19)21(14)15/h2,4,7,10-12,17-18H,3,5-6,8-9,13H2,1H3. The fraction of sp³-hybridized carbons (Fsp3) is 0.429. The second-order valence-electron chi connectivity index (χ2n) is 7.33. The maximum atomic E-state index is 2.60. The Balaban J connectivity index is 1.69. The lowest BCUT2D eigenvalue weighted by atomic mass is 9.82. The first kappa shape index (κ1) is 12.9. The Hall–Kier alpha value is -1.60. The van der Waals surface area contributed by atoms with Crippen molar-refractivity contribution in [3.05, 3.63) is 53.1 Å². The summed E-state index contributed by atoms with van der Waals surface area (Å²) in [5, 5.41) is 3.06. The summed E-state index contributed by atoms with van der Waals surface area (Å²) in [5.41, 5.74) is 6.22. The molecule has 0 saturated carbocycles. The molecule has 0 amide bonds. The molecule has 5 rings (SSSR count). The summed E-state index contributed by atoms with van der Waals surface area (Å²) < 4.78 is 0. The Morgan fingerprint density at radius 1 is 1.00 bits per heavy atom. The predicted octanol–water partition coefficient (Wildman–Crippen LogP) is 4.58. The Kier molecular flexibility index (Phi) is 2.75. The van der Waals surface area contributed by atoms with E-state index in [-0.39, 0.29) is 0 Å². The molecule has 1 aliphatic carbocycles. The van der Waals surface area contributed by atoms with Crippen LogP contribution < -0.4 is 0 Å². The van der Waals surface area contributed by atoms with E-state index in [1.165, 1.54) is 49.5 Å². The topological polar surface area (TPSA) is 3.24 Å². The van der Waals surface area contributed by atoms with Crippen LogP contribution >= 0.6 is 0 Å². The quantitative estimate of drug-likeness (QED) is 0.743. The third kappa shape index (κ3) is 1.75. The molecule has 1 saturated heterocycles. The molecule has 2 aromatic rings. The van der Waals surface area contributed by atoms with Gasteiger partial charge in [-0.2, -0.15) is 0 Å². The monoisotopic (exact) mass is 289 g/mol.